The number of aromatic nitrogens is 2. The first-order chi connectivity index (χ1) is 8.33. The van der Waals surface area contributed by atoms with Crippen LogP contribution in [0.5, 0.6) is 0 Å². The number of likely N-dealkylation sites (tertiary alicyclic amines) is 1. The maximum atomic E-state index is 11.8. The number of rotatable bonds is 2. The molecule has 1 atom stereocenters. The topological polar surface area (TPSA) is 55.3 Å². The lowest BCUT2D eigenvalue weighted by Crippen LogP contribution is -2.38. The Morgan fingerprint density at radius 1 is 1.53 bits per heavy atom. The molecule has 0 bridgehead atoms. The third-order valence-electron chi connectivity index (χ3n) is 3.00. The van der Waals surface area contributed by atoms with E-state index in [9.17, 15) is 4.79 Å². The Hall–Kier alpha value is -1.65. The number of amides is 1. The molecule has 0 aromatic carbocycles. The molecular formula is C12H17N3O2. The highest BCUT2D eigenvalue weighted by atomic mass is 16.6. The van der Waals surface area contributed by atoms with Crippen LogP contribution in [0.25, 0.3) is 0 Å². The molecule has 1 aromatic rings. The average Bonchev–Trinajstić information content (AvgIpc) is 2.40. The van der Waals surface area contributed by atoms with Crippen LogP contribution < -0.4 is 0 Å². The Morgan fingerprint density at radius 2 is 2.41 bits per heavy atom. The van der Waals surface area contributed by atoms with Gasteiger partial charge in [-0.25, -0.2) is 4.79 Å². The molecule has 2 rings (SSSR count). The molecule has 0 saturated carbocycles. The molecule has 1 amide bonds. The number of ether oxygens (including phenoxy) is 1. The van der Waals surface area contributed by atoms with E-state index in [4.69, 9.17) is 4.74 Å². The van der Waals surface area contributed by atoms with Crippen molar-refractivity contribution >= 4 is 6.09 Å². The lowest BCUT2D eigenvalue weighted by atomic mass is 9.97. The molecule has 1 aromatic heterocycles. The van der Waals surface area contributed by atoms with Crippen molar-refractivity contribution in [2.75, 3.05) is 13.2 Å². The van der Waals surface area contributed by atoms with Gasteiger partial charge < -0.3 is 9.64 Å². The Kier molecular flexibility index (Phi) is 3.90. The van der Waals surface area contributed by atoms with Crippen molar-refractivity contribution < 1.29 is 9.53 Å². The van der Waals surface area contributed by atoms with Crippen molar-refractivity contribution in [3.8, 4) is 0 Å². The number of carbonyl (C=O) groups is 1. The van der Waals surface area contributed by atoms with E-state index in [1.807, 2.05) is 13.0 Å². The number of piperidine rings is 1. The van der Waals surface area contributed by atoms with Crippen molar-refractivity contribution in [3.63, 3.8) is 0 Å². The minimum absolute atomic E-state index is 0.0818. The van der Waals surface area contributed by atoms with Crippen molar-refractivity contribution in [2.24, 2.45) is 0 Å². The standard InChI is InChI=1S/C12H17N3O2/c1-2-17-12(16)15-8-4-3-5-11(15)10-6-7-13-14-9-10/h6-7,9,11H,2-5,8H2,1H3/t11-/m0/s1. The summed E-state index contributed by atoms with van der Waals surface area (Å²) in [6.45, 7) is 2.99. The maximum Gasteiger partial charge on any atom is 0.410 e. The summed E-state index contributed by atoms with van der Waals surface area (Å²) in [5, 5.41) is 7.63. The van der Waals surface area contributed by atoms with E-state index in [0.29, 0.717) is 6.61 Å². The zero-order valence-electron chi connectivity index (χ0n) is 10.0. The van der Waals surface area contributed by atoms with Crippen LogP contribution in [0.15, 0.2) is 18.5 Å². The number of hydrogen-bond donors (Lipinski definition) is 0. The molecule has 1 aliphatic rings. The van der Waals surface area contributed by atoms with E-state index in [2.05, 4.69) is 10.2 Å². The normalized spacial score (nSPS) is 20.1. The molecule has 0 N–H and O–H groups in total. The van der Waals surface area contributed by atoms with Crippen molar-refractivity contribution in [1.29, 1.82) is 0 Å². The zero-order valence-corrected chi connectivity index (χ0v) is 10.0. The van der Waals surface area contributed by atoms with E-state index in [1.165, 1.54) is 0 Å². The molecule has 5 nitrogen and oxygen atoms in total. The molecule has 1 aliphatic heterocycles. The van der Waals surface area contributed by atoms with Gasteiger partial charge in [-0.3, -0.25) is 0 Å². The molecule has 0 spiro atoms. The molecule has 92 valence electrons. The van der Waals surface area contributed by atoms with Gasteiger partial charge in [0.2, 0.25) is 0 Å². The fraction of sp³-hybridized carbons (Fsp3) is 0.583. The predicted molar refractivity (Wildman–Crippen MR) is 62.4 cm³/mol. The minimum atomic E-state index is -0.228. The van der Waals surface area contributed by atoms with Crippen molar-refractivity contribution in [3.05, 3.63) is 24.0 Å². The van der Waals surface area contributed by atoms with E-state index in [-0.39, 0.29) is 12.1 Å². The highest BCUT2D eigenvalue weighted by molar-refractivity contribution is 5.68. The molecule has 1 saturated heterocycles. The number of carbonyl (C=O) groups excluding carboxylic acids is 1. The summed E-state index contributed by atoms with van der Waals surface area (Å²) in [6.07, 6.45) is 6.28. The maximum absolute atomic E-state index is 11.8. The quantitative estimate of drug-likeness (QED) is 0.788. The average molecular weight is 235 g/mol. The lowest BCUT2D eigenvalue weighted by Gasteiger charge is -2.34. The molecule has 5 heteroatoms. The number of nitrogens with zero attached hydrogens (tertiary/aromatic N) is 3. The predicted octanol–water partition coefficient (Wildman–Crippen LogP) is 2.16. The van der Waals surface area contributed by atoms with Gasteiger partial charge in [-0.05, 0) is 37.8 Å². The van der Waals surface area contributed by atoms with Gasteiger partial charge in [-0.1, -0.05) is 0 Å². The Labute approximate surface area is 101 Å². The second kappa shape index (κ2) is 5.61. The fourth-order valence-electron chi connectivity index (χ4n) is 2.20. The third-order valence-corrected chi connectivity index (χ3v) is 3.00. The Bertz CT molecular complexity index is 369. The Balaban J connectivity index is 2.15. The fourth-order valence-corrected chi connectivity index (χ4v) is 2.20. The van der Waals surface area contributed by atoms with Crippen LogP contribution in [-0.2, 0) is 4.74 Å². The summed E-state index contributed by atoms with van der Waals surface area (Å²) in [5.41, 5.74) is 1.03. The molecule has 0 aliphatic carbocycles. The molecule has 17 heavy (non-hydrogen) atoms. The summed E-state index contributed by atoms with van der Waals surface area (Å²) < 4.78 is 5.08. The van der Waals surface area contributed by atoms with Gasteiger partial charge in [0.25, 0.3) is 0 Å². The molecule has 1 fully saturated rings. The first kappa shape index (κ1) is 11.8. The van der Waals surface area contributed by atoms with Gasteiger partial charge in [0.05, 0.1) is 18.8 Å². The van der Waals surface area contributed by atoms with Crippen LogP contribution in [0.2, 0.25) is 0 Å². The van der Waals surface area contributed by atoms with Crippen LogP contribution in [-0.4, -0.2) is 34.3 Å². The largest absolute Gasteiger partial charge is 0.450 e. The first-order valence-electron chi connectivity index (χ1n) is 6.03. The second-order valence-corrected chi connectivity index (χ2v) is 4.08. The van der Waals surface area contributed by atoms with Gasteiger partial charge in [0.15, 0.2) is 0 Å². The van der Waals surface area contributed by atoms with Crippen LogP contribution in [0, 0.1) is 0 Å². The molecule has 0 radical (unpaired) electrons. The zero-order chi connectivity index (χ0) is 12.1. The summed E-state index contributed by atoms with van der Waals surface area (Å²) >= 11 is 0. The smallest absolute Gasteiger partial charge is 0.410 e. The van der Waals surface area contributed by atoms with E-state index >= 15 is 0 Å². The van der Waals surface area contributed by atoms with Crippen molar-refractivity contribution in [2.45, 2.75) is 32.2 Å². The summed E-state index contributed by atoms with van der Waals surface area (Å²) in [4.78, 5) is 13.6. The van der Waals surface area contributed by atoms with Gasteiger partial charge in [-0.2, -0.15) is 10.2 Å². The van der Waals surface area contributed by atoms with Crippen LogP contribution in [0.1, 0.15) is 37.8 Å². The van der Waals surface area contributed by atoms with Gasteiger partial charge in [0, 0.05) is 12.7 Å². The summed E-state index contributed by atoms with van der Waals surface area (Å²) in [5.74, 6) is 0. The van der Waals surface area contributed by atoms with Gasteiger partial charge in [0.1, 0.15) is 0 Å². The third kappa shape index (κ3) is 2.72. The van der Waals surface area contributed by atoms with Crippen LogP contribution in [0.3, 0.4) is 0 Å². The van der Waals surface area contributed by atoms with E-state index in [1.54, 1.807) is 17.3 Å². The molecule has 2 heterocycles. The van der Waals surface area contributed by atoms with Crippen molar-refractivity contribution in [1.82, 2.24) is 15.1 Å². The summed E-state index contributed by atoms with van der Waals surface area (Å²) in [6, 6.07) is 1.99. The van der Waals surface area contributed by atoms with Gasteiger partial charge in [-0.15, -0.1) is 0 Å². The number of hydrogen-bond acceptors (Lipinski definition) is 4. The van der Waals surface area contributed by atoms with Crippen LogP contribution >= 0.6 is 0 Å². The minimum Gasteiger partial charge on any atom is -0.450 e. The van der Waals surface area contributed by atoms with Gasteiger partial charge >= 0.3 is 6.09 Å². The molecular weight excluding hydrogens is 218 g/mol. The molecule has 0 unspecified atom stereocenters. The lowest BCUT2D eigenvalue weighted by molar-refractivity contribution is 0.0765. The summed E-state index contributed by atoms with van der Waals surface area (Å²) in [7, 11) is 0. The SMILES string of the molecule is CCOC(=O)N1CCCC[C@H]1c1ccnnc1. The van der Waals surface area contributed by atoms with E-state index < -0.39 is 0 Å². The highest BCUT2D eigenvalue weighted by Gasteiger charge is 2.28. The Morgan fingerprint density at radius 3 is 3.12 bits per heavy atom. The first-order valence-corrected chi connectivity index (χ1v) is 6.03. The highest BCUT2D eigenvalue weighted by Crippen LogP contribution is 2.30. The monoisotopic (exact) mass is 235 g/mol. The second-order valence-electron chi connectivity index (χ2n) is 4.08. The van der Waals surface area contributed by atoms with Crippen LogP contribution in [0.4, 0.5) is 4.79 Å². The van der Waals surface area contributed by atoms with E-state index in [0.717, 1.165) is 31.4 Å².